The Hall–Kier alpha value is -3.26. The molecule has 0 spiro atoms. The highest BCUT2D eigenvalue weighted by Crippen LogP contribution is 2.26. The number of pyridine rings is 1. The third kappa shape index (κ3) is 4.34. The Kier molecular flexibility index (Phi) is 5.70. The Labute approximate surface area is 169 Å². The summed E-state index contributed by atoms with van der Waals surface area (Å²) in [7, 11) is 0. The first kappa shape index (κ1) is 19.5. The molecular formula is C20H16BrN3O4. The largest absolute Gasteiger partial charge is 0.449 e. The van der Waals surface area contributed by atoms with E-state index in [1.54, 1.807) is 24.3 Å². The summed E-state index contributed by atoms with van der Waals surface area (Å²) in [4.78, 5) is 40.0. The van der Waals surface area contributed by atoms with Crippen molar-refractivity contribution >= 4 is 44.7 Å². The first-order valence-electron chi connectivity index (χ1n) is 8.32. The van der Waals surface area contributed by atoms with Gasteiger partial charge in [0.1, 0.15) is 0 Å². The summed E-state index contributed by atoms with van der Waals surface area (Å²) in [5.74, 6) is -1.50. The van der Waals surface area contributed by atoms with Crippen molar-refractivity contribution in [1.82, 2.24) is 10.3 Å². The van der Waals surface area contributed by atoms with Gasteiger partial charge in [-0.05, 0) is 31.2 Å². The predicted molar refractivity (Wildman–Crippen MR) is 107 cm³/mol. The van der Waals surface area contributed by atoms with Crippen LogP contribution in [0.2, 0.25) is 0 Å². The quantitative estimate of drug-likeness (QED) is 0.602. The number of carbonyl (C=O) groups excluding carboxylic acids is 3. The molecule has 2 aromatic carbocycles. The number of benzene rings is 2. The minimum absolute atomic E-state index is 0.266. The molecule has 0 fully saturated rings. The number of imide groups is 1. The molecule has 1 atom stereocenters. The van der Waals surface area contributed by atoms with Crippen molar-refractivity contribution in [1.29, 1.82) is 0 Å². The smallest absolute Gasteiger partial charge is 0.339 e. The number of hydrogen-bond acceptors (Lipinski definition) is 5. The van der Waals surface area contributed by atoms with Crippen molar-refractivity contribution < 1.29 is 19.1 Å². The fourth-order valence-electron chi connectivity index (χ4n) is 2.61. The number of aromatic nitrogens is 1. The highest BCUT2D eigenvalue weighted by molar-refractivity contribution is 9.10. The van der Waals surface area contributed by atoms with E-state index in [1.165, 1.54) is 6.92 Å². The molecule has 7 nitrogen and oxygen atoms in total. The molecule has 0 radical (unpaired) electrons. The molecular weight excluding hydrogens is 426 g/mol. The summed E-state index contributed by atoms with van der Waals surface area (Å²) in [5, 5.41) is 2.48. The van der Waals surface area contributed by atoms with E-state index < -0.39 is 24.0 Å². The van der Waals surface area contributed by atoms with Crippen LogP contribution in [0.25, 0.3) is 22.2 Å². The van der Waals surface area contributed by atoms with Crippen molar-refractivity contribution in [3.63, 3.8) is 0 Å². The van der Waals surface area contributed by atoms with Crippen LogP contribution < -0.4 is 11.1 Å². The molecule has 0 bridgehead atoms. The monoisotopic (exact) mass is 441 g/mol. The number of ether oxygens (including phenoxy) is 1. The van der Waals surface area contributed by atoms with Crippen LogP contribution in [-0.2, 0) is 9.53 Å². The maximum atomic E-state index is 12.7. The molecule has 0 aliphatic rings. The molecule has 3 N–H and O–H groups in total. The Morgan fingerprint density at radius 1 is 1.11 bits per heavy atom. The highest BCUT2D eigenvalue weighted by Gasteiger charge is 2.22. The van der Waals surface area contributed by atoms with Crippen LogP contribution in [-0.4, -0.2) is 29.0 Å². The lowest BCUT2D eigenvalue weighted by molar-refractivity contribution is -0.127. The van der Waals surface area contributed by atoms with E-state index in [0.717, 1.165) is 10.0 Å². The number of para-hydroxylation sites is 1. The predicted octanol–water partition coefficient (Wildman–Crippen LogP) is 3.40. The van der Waals surface area contributed by atoms with Gasteiger partial charge in [0.15, 0.2) is 6.10 Å². The number of nitrogens with zero attached hydrogens (tertiary/aromatic N) is 1. The van der Waals surface area contributed by atoms with Gasteiger partial charge in [-0.25, -0.2) is 14.6 Å². The standard InChI is InChI=1S/C20H16BrN3O4/c1-11(18(25)24-20(22)27)28-19(26)15-10-17(12-6-8-13(21)9-7-12)23-16-5-3-2-4-14(15)16/h2-11H,1H3,(H3,22,24,25,27). The van der Waals surface area contributed by atoms with E-state index in [2.05, 4.69) is 20.9 Å². The molecule has 142 valence electrons. The Morgan fingerprint density at radius 3 is 2.46 bits per heavy atom. The number of rotatable bonds is 4. The third-order valence-corrected chi connectivity index (χ3v) is 4.50. The topological polar surface area (TPSA) is 111 Å². The molecule has 1 unspecified atom stereocenters. The van der Waals surface area contributed by atoms with Gasteiger partial charge in [0.25, 0.3) is 5.91 Å². The van der Waals surface area contributed by atoms with Gasteiger partial charge >= 0.3 is 12.0 Å². The minimum atomic E-state index is -1.19. The van der Waals surface area contributed by atoms with Crippen LogP contribution >= 0.6 is 15.9 Å². The van der Waals surface area contributed by atoms with Crippen LogP contribution in [0.15, 0.2) is 59.1 Å². The van der Waals surface area contributed by atoms with Gasteiger partial charge < -0.3 is 10.5 Å². The Balaban J connectivity index is 1.99. The Morgan fingerprint density at radius 2 is 1.79 bits per heavy atom. The van der Waals surface area contributed by atoms with E-state index in [0.29, 0.717) is 16.6 Å². The van der Waals surface area contributed by atoms with Gasteiger partial charge in [-0.2, -0.15) is 0 Å². The number of amides is 3. The van der Waals surface area contributed by atoms with E-state index in [9.17, 15) is 14.4 Å². The highest BCUT2D eigenvalue weighted by atomic mass is 79.9. The molecule has 8 heteroatoms. The molecule has 1 heterocycles. The van der Waals surface area contributed by atoms with Crippen molar-refractivity contribution in [3.05, 3.63) is 64.6 Å². The normalized spacial score (nSPS) is 11.6. The summed E-state index contributed by atoms with van der Waals surface area (Å²) < 4.78 is 6.15. The minimum Gasteiger partial charge on any atom is -0.449 e. The molecule has 0 aliphatic carbocycles. The number of esters is 1. The molecule has 3 aromatic rings. The Bertz CT molecular complexity index is 1070. The number of primary amides is 1. The van der Waals surface area contributed by atoms with Crippen molar-refractivity contribution in [2.75, 3.05) is 0 Å². The van der Waals surface area contributed by atoms with Crippen molar-refractivity contribution in [3.8, 4) is 11.3 Å². The molecule has 1 aromatic heterocycles. The fourth-order valence-corrected chi connectivity index (χ4v) is 2.88. The van der Waals surface area contributed by atoms with Gasteiger partial charge in [0.2, 0.25) is 0 Å². The zero-order valence-corrected chi connectivity index (χ0v) is 16.4. The maximum absolute atomic E-state index is 12.7. The molecule has 0 saturated carbocycles. The summed E-state index contributed by atoms with van der Waals surface area (Å²) in [5.41, 5.74) is 7.21. The molecule has 28 heavy (non-hydrogen) atoms. The number of halogens is 1. The lowest BCUT2D eigenvalue weighted by Gasteiger charge is -2.14. The van der Waals surface area contributed by atoms with E-state index >= 15 is 0 Å². The number of urea groups is 1. The summed E-state index contributed by atoms with van der Waals surface area (Å²) in [6, 6.07) is 15.2. The van der Waals surface area contributed by atoms with Crippen molar-refractivity contribution in [2.45, 2.75) is 13.0 Å². The molecule has 3 amide bonds. The third-order valence-electron chi connectivity index (χ3n) is 3.98. The lowest BCUT2D eigenvalue weighted by atomic mass is 10.0. The molecule has 0 aliphatic heterocycles. The van der Waals surface area contributed by atoms with Crippen LogP contribution in [0.1, 0.15) is 17.3 Å². The zero-order chi connectivity index (χ0) is 20.3. The van der Waals surface area contributed by atoms with Crippen molar-refractivity contribution in [2.24, 2.45) is 5.73 Å². The molecule has 0 saturated heterocycles. The lowest BCUT2D eigenvalue weighted by Crippen LogP contribution is -2.42. The summed E-state index contributed by atoms with van der Waals surface area (Å²) in [6.07, 6.45) is -1.19. The average molecular weight is 442 g/mol. The SMILES string of the molecule is CC(OC(=O)c1cc(-c2ccc(Br)cc2)nc2ccccc12)C(=O)NC(N)=O. The summed E-state index contributed by atoms with van der Waals surface area (Å²) >= 11 is 3.39. The molecule has 3 rings (SSSR count). The van der Waals surface area contributed by atoms with Gasteiger partial charge in [0.05, 0.1) is 16.8 Å². The zero-order valence-electron chi connectivity index (χ0n) is 14.8. The average Bonchev–Trinajstić information content (AvgIpc) is 2.67. The number of fused-ring (bicyclic) bond motifs is 1. The van der Waals surface area contributed by atoms with Gasteiger partial charge in [-0.3, -0.25) is 10.1 Å². The second-order valence-electron chi connectivity index (χ2n) is 5.98. The number of nitrogens with two attached hydrogens (primary N) is 1. The number of hydrogen-bond donors (Lipinski definition) is 2. The second kappa shape index (κ2) is 8.18. The van der Waals surface area contributed by atoms with Crippen LogP contribution in [0.5, 0.6) is 0 Å². The summed E-state index contributed by atoms with van der Waals surface area (Å²) in [6.45, 7) is 1.36. The van der Waals surface area contributed by atoms with Gasteiger partial charge in [-0.1, -0.05) is 46.3 Å². The first-order chi connectivity index (χ1) is 13.3. The van der Waals surface area contributed by atoms with E-state index in [-0.39, 0.29) is 5.56 Å². The fraction of sp³-hybridized carbons (Fsp3) is 0.100. The van der Waals surface area contributed by atoms with E-state index in [1.807, 2.05) is 35.6 Å². The van der Waals surface area contributed by atoms with Crippen LogP contribution in [0, 0.1) is 0 Å². The number of nitrogens with one attached hydrogen (secondary N) is 1. The first-order valence-corrected chi connectivity index (χ1v) is 9.11. The van der Waals surface area contributed by atoms with Gasteiger partial charge in [0, 0.05) is 15.4 Å². The number of carbonyl (C=O) groups is 3. The van der Waals surface area contributed by atoms with Gasteiger partial charge in [-0.15, -0.1) is 0 Å². The van der Waals surface area contributed by atoms with Crippen LogP contribution in [0.3, 0.4) is 0 Å². The van der Waals surface area contributed by atoms with E-state index in [4.69, 9.17) is 10.5 Å². The second-order valence-corrected chi connectivity index (χ2v) is 6.90. The maximum Gasteiger partial charge on any atom is 0.339 e. The van der Waals surface area contributed by atoms with Crippen LogP contribution in [0.4, 0.5) is 4.79 Å².